The second kappa shape index (κ2) is 3.81. The Kier molecular flexibility index (Phi) is 2.09. The number of benzene rings is 3. The molecule has 0 unspecified atom stereocenters. The number of hydrogen-bond donors (Lipinski definition) is 2. The van der Waals surface area contributed by atoms with Crippen molar-refractivity contribution < 1.29 is 0 Å². The molecule has 3 aromatic carbocycles. The maximum Gasteiger partial charge on any atom is 0.166 e. The average molecular weight is 260 g/mol. The molecule has 0 saturated heterocycles. The predicted molar refractivity (Wildman–Crippen MR) is 83.4 cm³/mol. The molecule has 0 amide bonds. The second-order valence-corrected chi connectivity index (χ2v) is 4.78. The second-order valence-electron chi connectivity index (χ2n) is 4.78. The lowest BCUT2D eigenvalue weighted by Crippen LogP contribution is -2.02. The standard InChI is InChI=1S/C16H12N4/c17-15-16(18)20-14-12-8-4-2-6-10(12)9-5-1-3-7-11(9)13(14)19-15/h1-8H,(H2,17,19)(H2,18,20). The van der Waals surface area contributed by atoms with Gasteiger partial charge in [-0.25, -0.2) is 9.97 Å². The first-order chi connectivity index (χ1) is 9.75. The predicted octanol–water partition coefficient (Wildman–Crippen LogP) is 3.10. The van der Waals surface area contributed by atoms with Gasteiger partial charge < -0.3 is 11.5 Å². The smallest absolute Gasteiger partial charge is 0.166 e. The molecule has 4 aromatic rings. The Morgan fingerprint density at radius 1 is 0.550 bits per heavy atom. The molecule has 4 N–H and O–H groups in total. The van der Waals surface area contributed by atoms with E-state index in [9.17, 15) is 0 Å². The van der Waals surface area contributed by atoms with Gasteiger partial charge in [0.05, 0.1) is 11.0 Å². The first-order valence-corrected chi connectivity index (χ1v) is 6.38. The van der Waals surface area contributed by atoms with Gasteiger partial charge >= 0.3 is 0 Å². The van der Waals surface area contributed by atoms with Crippen molar-refractivity contribution >= 4 is 44.2 Å². The van der Waals surface area contributed by atoms with E-state index in [1.54, 1.807) is 0 Å². The minimum absolute atomic E-state index is 0.276. The summed E-state index contributed by atoms with van der Waals surface area (Å²) in [5, 5.41) is 4.38. The Labute approximate surface area is 115 Å². The van der Waals surface area contributed by atoms with Crippen molar-refractivity contribution in [2.45, 2.75) is 0 Å². The van der Waals surface area contributed by atoms with Crippen LogP contribution in [0.15, 0.2) is 48.5 Å². The molecular formula is C16H12N4. The summed E-state index contributed by atoms with van der Waals surface area (Å²) in [4.78, 5) is 8.89. The molecule has 4 rings (SSSR count). The van der Waals surface area contributed by atoms with Gasteiger partial charge in [0.25, 0.3) is 0 Å². The van der Waals surface area contributed by atoms with E-state index in [0.717, 1.165) is 32.6 Å². The van der Waals surface area contributed by atoms with Crippen LogP contribution in [0.3, 0.4) is 0 Å². The summed E-state index contributed by atoms with van der Waals surface area (Å²) in [6.45, 7) is 0. The van der Waals surface area contributed by atoms with Crippen LogP contribution in [0.5, 0.6) is 0 Å². The van der Waals surface area contributed by atoms with E-state index < -0.39 is 0 Å². The van der Waals surface area contributed by atoms with Crippen LogP contribution in [0.2, 0.25) is 0 Å². The first kappa shape index (κ1) is 11.0. The summed E-state index contributed by atoms with van der Waals surface area (Å²) >= 11 is 0. The van der Waals surface area contributed by atoms with Crippen molar-refractivity contribution in [2.24, 2.45) is 0 Å². The van der Waals surface area contributed by atoms with Gasteiger partial charge in [0.2, 0.25) is 0 Å². The lowest BCUT2D eigenvalue weighted by Gasteiger charge is -2.10. The molecule has 96 valence electrons. The van der Waals surface area contributed by atoms with Crippen molar-refractivity contribution in [1.29, 1.82) is 0 Å². The van der Waals surface area contributed by atoms with Crippen LogP contribution in [0.25, 0.3) is 32.6 Å². The number of rotatable bonds is 0. The summed E-state index contributed by atoms with van der Waals surface area (Å²) in [5.41, 5.74) is 13.2. The molecule has 4 nitrogen and oxygen atoms in total. The molecule has 0 bridgehead atoms. The lowest BCUT2D eigenvalue weighted by molar-refractivity contribution is 1.32. The third-order valence-electron chi connectivity index (χ3n) is 3.61. The minimum Gasteiger partial charge on any atom is -0.381 e. The summed E-state index contributed by atoms with van der Waals surface area (Å²) in [6.07, 6.45) is 0. The number of nitrogens with two attached hydrogens (primary N) is 2. The van der Waals surface area contributed by atoms with Gasteiger partial charge in [-0.1, -0.05) is 48.5 Å². The molecule has 0 saturated carbocycles. The zero-order valence-corrected chi connectivity index (χ0v) is 10.7. The highest BCUT2D eigenvalue weighted by molar-refractivity contribution is 6.23. The van der Waals surface area contributed by atoms with E-state index in [2.05, 4.69) is 22.1 Å². The van der Waals surface area contributed by atoms with Crippen molar-refractivity contribution in [3.63, 3.8) is 0 Å². The van der Waals surface area contributed by atoms with Crippen LogP contribution < -0.4 is 11.5 Å². The van der Waals surface area contributed by atoms with Gasteiger partial charge in [-0.3, -0.25) is 0 Å². The van der Waals surface area contributed by atoms with Gasteiger partial charge in [0, 0.05) is 10.8 Å². The van der Waals surface area contributed by atoms with Gasteiger partial charge in [0.1, 0.15) is 0 Å². The van der Waals surface area contributed by atoms with Crippen LogP contribution in [-0.4, -0.2) is 9.97 Å². The molecule has 0 aliphatic rings. The molecule has 0 aliphatic carbocycles. The third kappa shape index (κ3) is 1.36. The lowest BCUT2D eigenvalue weighted by atomic mass is 10.00. The van der Waals surface area contributed by atoms with E-state index in [0.29, 0.717) is 0 Å². The number of aromatic nitrogens is 2. The molecule has 0 fully saturated rings. The van der Waals surface area contributed by atoms with E-state index >= 15 is 0 Å². The Bertz CT molecular complexity index is 896. The van der Waals surface area contributed by atoms with Crippen molar-refractivity contribution in [2.75, 3.05) is 11.5 Å². The Balaban J connectivity index is 2.42. The molecule has 1 aromatic heterocycles. The first-order valence-electron chi connectivity index (χ1n) is 6.38. The normalized spacial score (nSPS) is 11.4. The molecule has 0 radical (unpaired) electrons. The number of fused-ring (bicyclic) bond motifs is 6. The maximum absolute atomic E-state index is 5.82. The van der Waals surface area contributed by atoms with Crippen LogP contribution in [0.1, 0.15) is 0 Å². The quantitative estimate of drug-likeness (QED) is 0.476. The number of anilines is 2. The third-order valence-corrected chi connectivity index (χ3v) is 3.61. The number of nitrogen functional groups attached to an aromatic ring is 2. The molecule has 0 aliphatic heterocycles. The van der Waals surface area contributed by atoms with Gasteiger partial charge in [0.15, 0.2) is 11.6 Å². The highest BCUT2D eigenvalue weighted by atomic mass is 15.0. The Morgan fingerprint density at radius 2 is 0.900 bits per heavy atom. The zero-order chi connectivity index (χ0) is 13.7. The van der Waals surface area contributed by atoms with Crippen molar-refractivity contribution in [1.82, 2.24) is 9.97 Å². The summed E-state index contributed by atoms with van der Waals surface area (Å²) in [6, 6.07) is 16.3. The Hall–Kier alpha value is -2.88. The Morgan fingerprint density at radius 3 is 1.30 bits per heavy atom. The summed E-state index contributed by atoms with van der Waals surface area (Å²) in [5.74, 6) is 0.552. The molecule has 4 heteroatoms. The van der Waals surface area contributed by atoms with Crippen LogP contribution in [0, 0.1) is 0 Å². The maximum atomic E-state index is 5.82. The van der Waals surface area contributed by atoms with Gasteiger partial charge in [-0.05, 0) is 10.8 Å². The van der Waals surface area contributed by atoms with Crippen molar-refractivity contribution in [3.05, 3.63) is 48.5 Å². The highest BCUT2D eigenvalue weighted by Crippen LogP contribution is 2.33. The fourth-order valence-corrected chi connectivity index (χ4v) is 2.69. The van der Waals surface area contributed by atoms with Crippen molar-refractivity contribution in [3.8, 4) is 0 Å². The van der Waals surface area contributed by atoms with E-state index in [-0.39, 0.29) is 11.6 Å². The fourth-order valence-electron chi connectivity index (χ4n) is 2.69. The largest absolute Gasteiger partial charge is 0.381 e. The van der Waals surface area contributed by atoms with E-state index in [4.69, 9.17) is 11.5 Å². The topological polar surface area (TPSA) is 77.8 Å². The average Bonchev–Trinajstić information content (AvgIpc) is 2.49. The van der Waals surface area contributed by atoms with Crippen LogP contribution in [0.4, 0.5) is 11.6 Å². The molecule has 1 heterocycles. The van der Waals surface area contributed by atoms with Crippen LogP contribution >= 0.6 is 0 Å². The molecular weight excluding hydrogens is 248 g/mol. The molecule has 0 atom stereocenters. The number of nitrogens with zero attached hydrogens (tertiary/aromatic N) is 2. The van der Waals surface area contributed by atoms with Gasteiger partial charge in [-0.15, -0.1) is 0 Å². The molecule has 20 heavy (non-hydrogen) atoms. The zero-order valence-electron chi connectivity index (χ0n) is 10.7. The number of hydrogen-bond acceptors (Lipinski definition) is 4. The molecule has 0 spiro atoms. The SMILES string of the molecule is Nc1nc2c3ccccc3c3ccccc3c2nc1N. The van der Waals surface area contributed by atoms with E-state index in [1.165, 1.54) is 0 Å². The van der Waals surface area contributed by atoms with Crippen LogP contribution in [-0.2, 0) is 0 Å². The fraction of sp³-hybridized carbons (Fsp3) is 0. The summed E-state index contributed by atoms with van der Waals surface area (Å²) < 4.78 is 0. The highest BCUT2D eigenvalue weighted by Gasteiger charge is 2.11. The minimum atomic E-state index is 0.276. The monoisotopic (exact) mass is 260 g/mol. The van der Waals surface area contributed by atoms with E-state index in [1.807, 2.05) is 36.4 Å². The summed E-state index contributed by atoms with van der Waals surface area (Å²) in [7, 11) is 0. The van der Waals surface area contributed by atoms with Gasteiger partial charge in [-0.2, -0.15) is 0 Å².